The molecule has 0 aliphatic carbocycles. The molecule has 27 heavy (non-hydrogen) atoms. The Hall–Kier alpha value is -1.52. The quantitative estimate of drug-likeness (QED) is 0.212. The first-order valence-electron chi connectivity index (χ1n) is 10.7. The second kappa shape index (κ2) is 12.8. The Balaban J connectivity index is 6.07. The summed E-state index contributed by atoms with van der Waals surface area (Å²) in [5, 5.41) is 0. The summed E-state index contributed by atoms with van der Waals surface area (Å²) in [5.74, 6) is -0.456. The fourth-order valence-electron chi connectivity index (χ4n) is 3.09. The molecule has 4 unspecified atom stereocenters. The molecule has 0 aliphatic rings. The van der Waals surface area contributed by atoms with Crippen LogP contribution in [0.1, 0.15) is 88.0 Å². The second-order valence-electron chi connectivity index (χ2n) is 7.44. The summed E-state index contributed by atoms with van der Waals surface area (Å²) in [6, 6.07) is 0.244. The number of ether oxygens (including phenoxy) is 1. The molecule has 158 valence electrons. The van der Waals surface area contributed by atoms with E-state index in [1.54, 1.807) is 0 Å². The molecule has 0 radical (unpaired) electrons. The molecular formula is C22H42N2O3. The first-order chi connectivity index (χ1) is 12.7. The predicted octanol–water partition coefficient (Wildman–Crippen LogP) is 4.76. The van der Waals surface area contributed by atoms with Crippen LogP contribution in [0.25, 0.3) is 0 Å². The van der Waals surface area contributed by atoms with Crippen LogP contribution in [0.3, 0.4) is 0 Å². The second-order valence-corrected chi connectivity index (χ2v) is 7.44. The zero-order valence-corrected chi connectivity index (χ0v) is 19.0. The van der Waals surface area contributed by atoms with Gasteiger partial charge in [-0.3, -0.25) is 9.59 Å². The Labute approximate surface area is 167 Å². The highest BCUT2D eigenvalue weighted by molar-refractivity contribution is 6.18. The van der Waals surface area contributed by atoms with Gasteiger partial charge in [0.05, 0.1) is 6.61 Å². The van der Waals surface area contributed by atoms with Crippen LogP contribution in [0, 0.1) is 0 Å². The van der Waals surface area contributed by atoms with Crippen LogP contribution >= 0.6 is 0 Å². The van der Waals surface area contributed by atoms with E-state index < -0.39 is 0 Å². The summed E-state index contributed by atoms with van der Waals surface area (Å²) < 4.78 is 5.43. The van der Waals surface area contributed by atoms with Gasteiger partial charge in [0.15, 0.2) is 0 Å². The minimum absolute atomic E-state index is 0.0610. The van der Waals surface area contributed by atoms with Crippen molar-refractivity contribution in [2.24, 2.45) is 0 Å². The highest BCUT2D eigenvalue weighted by atomic mass is 16.5. The van der Waals surface area contributed by atoms with E-state index in [0.717, 1.165) is 25.7 Å². The Kier molecular flexibility index (Phi) is 12.1. The van der Waals surface area contributed by atoms with Crippen molar-refractivity contribution in [3.63, 3.8) is 0 Å². The highest BCUT2D eigenvalue weighted by Crippen LogP contribution is 2.21. The molecule has 0 N–H and O–H groups in total. The van der Waals surface area contributed by atoms with E-state index in [2.05, 4.69) is 27.7 Å². The van der Waals surface area contributed by atoms with Gasteiger partial charge in [0.25, 0.3) is 11.8 Å². The number of nitrogens with zero attached hydrogens (tertiary/aromatic N) is 2. The van der Waals surface area contributed by atoms with Crippen molar-refractivity contribution in [3.05, 3.63) is 11.8 Å². The Morgan fingerprint density at radius 1 is 0.704 bits per heavy atom. The number of amides is 2. The Morgan fingerprint density at radius 3 is 1.22 bits per heavy atom. The van der Waals surface area contributed by atoms with Crippen LogP contribution in [-0.4, -0.2) is 52.4 Å². The maximum atomic E-state index is 13.4. The zero-order valence-electron chi connectivity index (χ0n) is 19.0. The molecule has 0 spiro atoms. The number of hydrogen-bond acceptors (Lipinski definition) is 3. The van der Waals surface area contributed by atoms with Gasteiger partial charge in [-0.1, -0.05) is 27.7 Å². The molecule has 0 heterocycles. The Bertz CT molecular complexity index is 432. The molecule has 0 saturated heterocycles. The van der Waals surface area contributed by atoms with Crippen molar-refractivity contribution in [1.29, 1.82) is 0 Å². The highest BCUT2D eigenvalue weighted by Gasteiger charge is 2.35. The van der Waals surface area contributed by atoms with Gasteiger partial charge in [-0.2, -0.15) is 0 Å². The van der Waals surface area contributed by atoms with Gasteiger partial charge in [0.1, 0.15) is 11.8 Å². The molecule has 2 amide bonds. The minimum Gasteiger partial charge on any atom is -0.500 e. The molecule has 0 rings (SSSR count). The number of rotatable bonds is 12. The fraction of sp³-hybridized carbons (Fsp3) is 0.818. The lowest BCUT2D eigenvalue weighted by molar-refractivity contribution is -0.139. The molecular weight excluding hydrogens is 340 g/mol. The number of hydrogen-bond donors (Lipinski definition) is 0. The van der Waals surface area contributed by atoms with Gasteiger partial charge in [-0.05, 0) is 60.3 Å². The molecule has 5 heteroatoms. The minimum atomic E-state index is -0.228. The first-order valence-corrected chi connectivity index (χ1v) is 10.7. The van der Waals surface area contributed by atoms with Crippen LogP contribution in [0.2, 0.25) is 0 Å². The van der Waals surface area contributed by atoms with E-state index in [1.807, 2.05) is 44.4 Å². The Morgan fingerprint density at radius 2 is 1.00 bits per heavy atom. The average molecular weight is 383 g/mol. The fourth-order valence-corrected chi connectivity index (χ4v) is 3.09. The normalized spacial score (nSPS) is 15.3. The van der Waals surface area contributed by atoms with Gasteiger partial charge in [0, 0.05) is 24.2 Å². The standard InChI is InChI=1S/C22H42N2O3/c1-10-16(6)23(17(7)11-2)21(25)20(15-27-14-5)22(26)24(18(8)12-3)19(9)13-4/h15-19H,10-14H2,1-9H3. The molecule has 0 aromatic carbocycles. The molecule has 0 saturated carbocycles. The third-order valence-corrected chi connectivity index (χ3v) is 5.56. The lowest BCUT2D eigenvalue weighted by atomic mass is 10.0. The zero-order chi connectivity index (χ0) is 21.1. The van der Waals surface area contributed by atoms with Crippen molar-refractivity contribution in [1.82, 2.24) is 9.80 Å². The van der Waals surface area contributed by atoms with Crippen molar-refractivity contribution < 1.29 is 14.3 Å². The van der Waals surface area contributed by atoms with E-state index in [1.165, 1.54) is 6.26 Å². The summed E-state index contributed by atoms with van der Waals surface area (Å²) in [5.41, 5.74) is 0.137. The summed E-state index contributed by atoms with van der Waals surface area (Å²) in [7, 11) is 0. The van der Waals surface area contributed by atoms with Crippen molar-refractivity contribution in [2.75, 3.05) is 6.61 Å². The first kappa shape index (κ1) is 25.5. The molecule has 0 aliphatic heterocycles. The van der Waals surface area contributed by atoms with Crippen LogP contribution in [0.4, 0.5) is 0 Å². The largest absolute Gasteiger partial charge is 0.500 e. The van der Waals surface area contributed by atoms with Crippen LogP contribution in [-0.2, 0) is 14.3 Å². The van der Waals surface area contributed by atoms with Gasteiger partial charge < -0.3 is 14.5 Å². The number of carbonyl (C=O) groups is 2. The predicted molar refractivity (Wildman–Crippen MR) is 112 cm³/mol. The lowest BCUT2D eigenvalue weighted by Gasteiger charge is -2.37. The van der Waals surface area contributed by atoms with Crippen molar-refractivity contribution in [3.8, 4) is 0 Å². The van der Waals surface area contributed by atoms with Gasteiger partial charge in [0.2, 0.25) is 0 Å². The third kappa shape index (κ3) is 6.86. The summed E-state index contributed by atoms with van der Waals surface area (Å²) in [4.78, 5) is 30.6. The van der Waals surface area contributed by atoms with Gasteiger partial charge in [-0.25, -0.2) is 0 Å². The van der Waals surface area contributed by atoms with Crippen LogP contribution in [0.5, 0.6) is 0 Å². The smallest absolute Gasteiger partial charge is 0.263 e. The molecule has 5 nitrogen and oxygen atoms in total. The summed E-state index contributed by atoms with van der Waals surface area (Å²) in [6.07, 6.45) is 4.73. The maximum absolute atomic E-state index is 13.4. The van der Waals surface area contributed by atoms with E-state index in [9.17, 15) is 9.59 Å². The topological polar surface area (TPSA) is 49.9 Å². The number of carbonyl (C=O) groups excluding carboxylic acids is 2. The summed E-state index contributed by atoms with van der Waals surface area (Å²) >= 11 is 0. The van der Waals surface area contributed by atoms with E-state index >= 15 is 0 Å². The van der Waals surface area contributed by atoms with E-state index in [0.29, 0.717) is 6.61 Å². The van der Waals surface area contributed by atoms with Crippen LogP contribution < -0.4 is 0 Å². The molecule has 0 fully saturated rings. The van der Waals surface area contributed by atoms with E-state index in [4.69, 9.17) is 4.74 Å². The van der Waals surface area contributed by atoms with Gasteiger partial charge >= 0.3 is 0 Å². The molecule has 0 aromatic heterocycles. The van der Waals surface area contributed by atoms with Crippen molar-refractivity contribution in [2.45, 2.75) is 112 Å². The summed E-state index contributed by atoms with van der Waals surface area (Å²) in [6.45, 7) is 18.7. The molecule has 0 aromatic rings. The maximum Gasteiger partial charge on any atom is 0.263 e. The van der Waals surface area contributed by atoms with Crippen molar-refractivity contribution >= 4 is 11.8 Å². The SMILES string of the molecule is CCOC=C(C(=O)N(C(C)CC)C(C)CC)C(=O)N(C(C)CC)C(C)CC. The molecule has 0 bridgehead atoms. The average Bonchev–Trinajstić information content (AvgIpc) is 2.67. The lowest BCUT2D eigenvalue weighted by Crippen LogP contribution is -2.50. The van der Waals surface area contributed by atoms with Crippen LogP contribution in [0.15, 0.2) is 11.8 Å². The third-order valence-electron chi connectivity index (χ3n) is 5.56. The molecule has 4 atom stereocenters. The monoisotopic (exact) mass is 382 g/mol. The van der Waals surface area contributed by atoms with E-state index in [-0.39, 0.29) is 41.6 Å². The van der Waals surface area contributed by atoms with Gasteiger partial charge in [-0.15, -0.1) is 0 Å².